The van der Waals surface area contributed by atoms with Crippen molar-refractivity contribution in [3.8, 4) is 0 Å². The van der Waals surface area contributed by atoms with Crippen LogP contribution < -0.4 is 0 Å². The molecule has 1 unspecified atom stereocenters. The monoisotopic (exact) mass is 233 g/mol. The fourth-order valence-corrected chi connectivity index (χ4v) is 1.80. The third-order valence-corrected chi connectivity index (χ3v) is 2.94. The number of aliphatic carboxylic acids is 1. The topological polar surface area (TPSA) is 63.3 Å². The van der Waals surface area contributed by atoms with Gasteiger partial charge in [0, 0.05) is 5.39 Å². The van der Waals surface area contributed by atoms with Crippen LogP contribution in [0, 0.1) is 0 Å². The highest BCUT2D eigenvalue weighted by Crippen LogP contribution is 2.28. The number of hydrogen-bond donors (Lipinski definition) is 1. The van der Waals surface area contributed by atoms with E-state index in [2.05, 4.69) is 5.16 Å². The summed E-state index contributed by atoms with van der Waals surface area (Å²) in [7, 11) is 0. The Morgan fingerprint density at radius 1 is 1.35 bits per heavy atom. The molecule has 2 aromatic rings. The van der Waals surface area contributed by atoms with Crippen LogP contribution in [0.25, 0.3) is 11.0 Å². The summed E-state index contributed by atoms with van der Waals surface area (Å²) in [5.74, 6) is -1.09. The number of carboxylic acids is 1. The molecule has 1 aromatic carbocycles. The molecule has 1 aromatic heterocycles. The number of benzene rings is 1. The van der Waals surface area contributed by atoms with Gasteiger partial charge < -0.3 is 9.63 Å². The van der Waals surface area contributed by atoms with Crippen molar-refractivity contribution in [1.29, 1.82) is 0 Å². The minimum Gasteiger partial charge on any atom is -0.481 e. The number of hydrogen-bond acceptors (Lipinski definition) is 3. The Morgan fingerprint density at radius 2 is 2.06 bits per heavy atom. The molecule has 0 aliphatic heterocycles. The quantitative estimate of drug-likeness (QED) is 0.884. The van der Waals surface area contributed by atoms with Gasteiger partial charge in [-0.05, 0) is 30.5 Å². The van der Waals surface area contributed by atoms with Crippen molar-refractivity contribution in [2.75, 3.05) is 0 Å². The lowest BCUT2D eigenvalue weighted by atomic mass is 9.97. The normalized spacial score (nSPS) is 13.2. The average molecular weight is 233 g/mol. The molecule has 0 spiro atoms. The number of carbonyl (C=O) groups is 1. The predicted molar refractivity (Wildman–Crippen MR) is 64.1 cm³/mol. The number of aromatic nitrogens is 1. The zero-order valence-electron chi connectivity index (χ0n) is 10.1. The Hall–Kier alpha value is -1.84. The van der Waals surface area contributed by atoms with E-state index in [-0.39, 0.29) is 5.92 Å². The van der Waals surface area contributed by atoms with Crippen LogP contribution >= 0.6 is 0 Å². The Labute approximate surface area is 99.2 Å². The van der Waals surface area contributed by atoms with Crippen molar-refractivity contribution in [1.82, 2.24) is 5.16 Å². The maximum Gasteiger partial charge on any atom is 0.310 e. The van der Waals surface area contributed by atoms with Crippen molar-refractivity contribution in [2.24, 2.45) is 0 Å². The van der Waals surface area contributed by atoms with Crippen LogP contribution in [-0.4, -0.2) is 16.2 Å². The summed E-state index contributed by atoms with van der Waals surface area (Å²) in [5, 5.41) is 13.9. The van der Waals surface area contributed by atoms with E-state index in [0.717, 1.165) is 16.6 Å². The van der Waals surface area contributed by atoms with E-state index in [9.17, 15) is 4.79 Å². The second-order valence-electron chi connectivity index (χ2n) is 4.54. The molecule has 1 atom stereocenters. The molecule has 0 aliphatic carbocycles. The van der Waals surface area contributed by atoms with Gasteiger partial charge in [0.15, 0.2) is 5.58 Å². The number of nitrogens with zero attached hydrogens (tertiary/aromatic N) is 1. The minimum atomic E-state index is -0.827. The lowest BCUT2D eigenvalue weighted by Crippen LogP contribution is -2.07. The first kappa shape index (κ1) is 11.6. The van der Waals surface area contributed by atoms with Crippen LogP contribution in [0.3, 0.4) is 0 Å². The van der Waals surface area contributed by atoms with Crippen molar-refractivity contribution >= 4 is 16.9 Å². The Balaban J connectivity index is 2.55. The molecule has 0 saturated carbocycles. The van der Waals surface area contributed by atoms with Gasteiger partial charge in [-0.1, -0.05) is 25.1 Å². The van der Waals surface area contributed by atoms with E-state index in [4.69, 9.17) is 9.63 Å². The van der Waals surface area contributed by atoms with Crippen molar-refractivity contribution in [3.63, 3.8) is 0 Å². The molecule has 0 aliphatic rings. The molecule has 0 radical (unpaired) electrons. The fraction of sp³-hybridized carbons (Fsp3) is 0.385. The van der Waals surface area contributed by atoms with Crippen molar-refractivity contribution in [2.45, 2.75) is 32.6 Å². The third-order valence-electron chi connectivity index (χ3n) is 2.94. The molecular weight excluding hydrogens is 218 g/mol. The van der Waals surface area contributed by atoms with Crippen LogP contribution in [0.1, 0.15) is 43.9 Å². The first-order valence-electron chi connectivity index (χ1n) is 5.62. The van der Waals surface area contributed by atoms with Gasteiger partial charge in [-0.2, -0.15) is 0 Å². The van der Waals surface area contributed by atoms with E-state index >= 15 is 0 Å². The summed E-state index contributed by atoms with van der Waals surface area (Å²) < 4.78 is 5.21. The lowest BCUT2D eigenvalue weighted by Gasteiger charge is -2.06. The molecule has 17 heavy (non-hydrogen) atoms. The van der Waals surface area contributed by atoms with E-state index in [0.29, 0.717) is 5.58 Å². The van der Waals surface area contributed by atoms with E-state index < -0.39 is 11.9 Å². The summed E-state index contributed by atoms with van der Waals surface area (Å²) in [5.41, 5.74) is 2.35. The molecular formula is C13H15NO3. The fourth-order valence-electron chi connectivity index (χ4n) is 1.80. The van der Waals surface area contributed by atoms with Crippen LogP contribution in [0.15, 0.2) is 22.7 Å². The standard InChI is InChI=1S/C13H15NO3/c1-7(2)12-10-6-9(8(3)13(15)16)4-5-11(10)17-14-12/h4-8H,1-3H3,(H,15,16). The van der Waals surface area contributed by atoms with Gasteiger partial charge in [0.05, 0.1) is 11.6 Å². The Kier molecular flexibility index (Phi) is 2.88. The highest BCUT2D eigenvalue weighted by atomic mass is 16.5. The highest BCUT2D eigenvalue weighted by Gasteiger charge is 2.17. The summed E-state index contributed by atoms with van der Waals surface area (Å²) in [6.07, 6.45) is 0. The van der Waals surface area contributed by atoms with Crippen LogP contribution in [0.4, 0.5) is 0 Å². The van der Waals surface area contributed by atoms with Crippen molar-refractivity contribution in [3.05, 3.63) is 29.5 Å². The number of rotatable bonds is 3. The summed E-state index contributed by atoms with van der Waals surface area (Å²) in [6, 6.07) is 5.42. The first-order valence-corrected chi connectivity index (χ1v) is 5.62. The maximum absolute atomic E-state index is 11.0. The number of fused-ring (bicyclic) bond motifs is 1. The first-order chi connectivity index (χ1) is 8.00. The van der Waals surface area contributed by atoms with E-state index in [1.165, 1.54) is 0 Å². The summed E-state index contributed by atoms with van der Waals surface area (Å²) >= 11 is 0. The molecule has 4 heteroatoms. The van der Waals surface area contributed by atoms with Gasteiger partial charge in [-0.3, -0.25) is 4.79 Å². The van der Waals surface area contributed by atoms with Gasteiger partial charge in [0.25, 0.3) is 0 Å². The molecule has 90 valence electrons. The second kappa shape index (κ2) is 4.20. The minimum absolute atomic E-state index is 0.256. The number of carboxylic acid groups (broad SMARTS) is 1. The molecule has 0 fully saturated rings. The zero-order chi connectivity index (χ0) is 12.6. The molecule has 2 rings (SSSR count). The Bertz CT molecular complexity index is 557. The van der Waals surface area contributed by atoms with Gasteiger partial charge in [0.1, 0.15) is 0 Å². The molecule has 1 heterocycles. The maximum atomic E-state index is 11.0. The molecule has 1 N–H and O–H groups in total. The van der Waals surface area contributed by atoms with Crippen LogP contribution in [-0.2, 0) is 4.79 Å². The average Bonchev–Trinajstić information content (AvgIpc) is 2.70. The second-order valence-corrected chi connectivity index (χ2v) is 4.54. The van der Waals surface area contributed by atoms with E-state index in [1.807, 2.05) is 19.9 Å². The predicted octanol–water partition coefficient (Wildman–Crippen LogP) is 3.14. The van der Waals surface area contributed by atoms with Gasteiger partial charge in [-0.15, -0.1) is 0 Å². The van der Waals surface area contributed by atoms with E-state index in [1.54, 1.807) is 19.1 Å². The largest absolute Gasteiger partial charge is 0.481 e. The molecule has 0 saturated heterocycles. The summed E-state index contributed by atoms with van der Waals surface area (Å²) in [4.78, 5) is 11.0. The highest BCUT2D eigenvalue weighted by molar-refractivity contribution is 5.83. The lowest BCUT2D eigenvalue weighted by molar-refractivity contribution is -0.138. The smallest absolute Gasteiger partial charge is 0.310 e. The SMILES string of the molecule is CC(C)c1noc2ccc(C(C)C(=O)O)cc12. The van der Waals surface area contributed by atoms with Crippen molar-refractivity contribution < 1.29 is 14.4 Å². The van der Waals surface area contributed by atoms with Crippen LogP contribution in [0.5, 0.6) is 0 Å². The molecule has 0 bridgehead atoms. The Morgan fingerprint density at radius 3 is 2.65 bits per heavy atom. The van der Waals surface area contributed by atoms with Gasteiger partial charge in [0.2, 0.25) is 0 Å². The van der Waals surface area contributed by atoms with Crippen LogP contribution in [0.2, 0.25) is 0 Å². The van der Waals surface area contributed by atoms with Gasteiger partial charge in [-0.25, -0.2) is 0 Å². The summed E-state index contributed by atoms with van der Waals surface area (Å²) in [6.45, 7) is 5.74. The molecule has 0 amide bonds. The molecule has 4 nitrogen and oxygen atoms in total. The van der Waals surface area contributed by atoms with Gasteiger partial charge >= 0.3 is 5.97 Å². The third kappa shape index (κ3) is 2.02. The zero-order valence-corrected chi connectivity index (χ0v) is 10.1.